The largest absolute Gasteiger partial charge is 0.390 e. The van der Waals surface area contributed by atoms with Crippen LogP contribution in [0, 0.1) is 0 Å². The summed E-state index contributed by atoms with van der Waals surface area (Å²) in [5.41, 5.74) is 1.10. The Hall–Kier alpha value is -1.44. The third-order valence-corrected chi connectivity index (χ3v) is 3.56. The molecule has 2 rings (SSSR count). The van der Waals surface area contributed by atoms with Crippen molar-refractivity contribution < 1.29 is 9.84 Å². The van der Waals surface area contributed by atoms with Crippen molar-refractivity contribution in [2.75, 3.05) is 12.4 Å². The first-order valence-electron chi connectivity index (χ1n) is 5.90. The van der Waals surface area contributed by atoms with Crippen molar-refractivity contribution in [3.8, 4) is 0 Å². The molecule has 1 unspecified atom stereocenters. The van der Waals surface area contributed by atoms with Crippen molar-refractivity contribution in [3.05, 3.63) is 35.9 Å². The number of nitrogens with zero attached hydrogens (tertiary/aromatic N) is 4. The molecule has 0 saturated carbocycles. The molecule has 1 aromatic heterocycles. The summed E-state index contributed by atoms with van der Waals surface area (Å²) in [6, 6.07) is 9.88. The number of benzene rings is 1. The lowest BCUT2D eigenvalue weighted by molar-refractivity contribution is 0.0397. The molecule has 1 N–H and O–H groups in total. The second-order valence-corrected chi connectivity index (χ2v) is 5.04. The van der Waals surface area contributed by atoms with Crippen LogP contribution < -0.4 is 0 Å². The molecule has 1 atom stereocenters. The number of ether oxygens (including phenoxy) is 1. The molecule has 0 aliphatic carbocycles. The molecular formula is C12H16N4O2S. The molecule has 1 heterocycles. The topological polar surface area (TPSA) is 73.1 Å². The number of thioether (sulfide) groups is 1. The van der Waals surface area contributed by atoms with E-state index in [4.69, 9.17) is 4.74 Å². The highest BCUT2D eigenvalue weighted by Gasteiger charge is 2.09. The normalized spacial score (nSPS) is 12.5. The van der Waals surface area contributed by atoms with Crippen LogP contribution in [0.5, 0.6) is 0 Å². The quantitative estimate of drug-likeness (QED) is 0.759. The molecule has 19 heavy (non-hydrogen) atoms. The Balaban J connectivity index is 1.65. The number of aromatic nitrogens is 4. The highest BCUT2D eigenvalue weighted by molar-refractivity contribution is 7.99. The highest BCUT2D eigenvalue weighted by atomic mass is 32.2. The van der Waals surface area contributed by atoms with E-state index < -0.39 is 6.10 Å². The van der Waals surface area contributed by atoms with Gasteiger partial charge in [0.15, 0.2) is 0 Å². The number of tetrazole rings is 1. The second kappa shape index (κ2) is 7.22. The van der Waals surface area contributed by atoms with Crippen LogP contribution >= 0.6 is 11.8 Å². The SMILES string of the molecule is Cn1nnnc1SCC(O)COCc1ccccc1. The molecule has 0 radical (unpaired) electrons. The summed E-state index contributed by atoms with van der Waals surface area (Å²) in [5.74, 6) is 0.503. The first kappa shape index (κ1) is 14.0. The van der Waals surface area contributed by atoms with Gasteiger partial charge in [-0.1, -0.05) is 42.1 Å². The smallest absolute Gasteiger partial charge is 0.209 e. The first-order valence-corrected chi connectivity index (χ1v) is 6.89. The molecule has 0 saturated heterocycles. The van der Waals surface area contributed by atoms with E-state index in [2.05, 4.69) is 15.5 Å². The molecule has 2 aromatic rings. The summed E-state index contributed by atoms with van der Waals surface area (Å²) >= 11 is 1.40. The van der Waals surface area contributed by atoms with Crippen LogP contribution in [0.1, 0.15) is 5.56 Å². The van der Waals surface area contributed by atoms with E-state index in [-0.39, 0.29) is 0 Å². The Kier molecular flexibility index (Phi) is 5.31. The third-order valence-electron chi connectivity index (χ3n) is 2.41. The molecular weight excluding hydrogens is 264 g/mol. The Bertz CT molecular complexity index is 491. The summed E-state index contributed by atoms with van der Waals surface area (Å²) in [7, 11) is 1.76. The van der Waals surface area contributed by atoms with Crippen molar-refractivity contribution >= 4 is 11.8 Å². The number of rotatable bonds is 7. The van der Waals surface area contributed by atoms with Crippen LogP contribution in [0.4, 0.5) is 0 Å². The molecule has 6 nitrogen and oxygen atoms in total. The molecule has 0 amide bonds. The minimum absolute atomic E-state index is 0.299. The molecule has 7 heteroatoms. The van der Waals surface area contributed by atoms with E-state index in [1.807, 2.05) is 30.3 Å². The van der Waals surface area contributed by atoms with Gasteiger partial charge in [-0.15, -0.1) is 5.10 Å². The zero-order valence-corrected chi connectivity index (χ0v) is 11.5. The summed E-state index contributed by atoms with van der Waals surface area (Å²) < 4.78 is 7.03. The second-order valence-electron chi connectivity index (χ2n) is 4.05. The van der Waals surface area contributed by atoms with Crippen molar-refractivity contribution in [1.82, 2.24) is 20.2 Å². The summed E-state index contributed by atoms with van der Waals surface area (Å²) in [6.07, 6.45) is -0.537. The van der Waals surface area contributed by atoms with Gasteiger partial charge in [0.25, 0.3) is 0 Å². The number of aliphatic hydroxyl groups excluding tert-OH is 1. The molecule has 1 aromatic carbocycles. The van der Waals surface area contributed by atoms with Crippen LogP contribution in [0.3, 0.4) is 0 Å². The molecule has 0 fully saturated rings. The lowest BCUT2D eigenvalue weighted by atomic mass is 10.2. The summed E-state index contributed by atoms with van der Waals surface area (Å²) in [6.45, 7) is 0.807. The van der Waals surface area contributed by atoms with Crippen molar-refractivity contribution in [2.24, 2.45) is 7.05 Å². The predicted octanol–water partition coefficient (Wildman–Crippen LogP) is 0.880. The number of hydrogen-bond donors (Lipinski definition) is 1. The first-order chi connectivity index (χ1) is 9.25. The van der Waals surface area contributed by atoms with E-state index in [9.17, 15) is 5.11 Å². The minimum atomic E-state index is -0.537. The van der Waals surface area contributed by atoms with Gasteiger partial charge in [0.1, 0.15) is 0 Å². The number of hydrogen-bond acceptors (Lipinski definition) is 6. The maximum absolute atomic E-state index is 9.79. The van der Waals surface area contributed by atoms with Gasteiger partial charge in [-0.05, 0) is 16.0 Å². The van der Waals surface area contributed by atoms with Gasteiger partial charge in [-0.2, -0.15) is 0 Å². The minimum Gasteiger partial charge on any atom is -0.390 e. The summed E-state index contributed by atoms with van der Waals surface area (Å²) in [5, 5.41) is 21.6. The Morgan fingerprint density at radius 1 is 1.37 bits per heavy atom. The predicted molar refractivity (Wildman–Crippen MR) is 71.6 cm³/mol. The molecule has 0 bridgehead atoms. The zero-order valence-electron chi connectivity index (χ0n) is 10.6. The maximum Gasteiger partial charge on any atom is 0.209 e. The van der Waals surface area contributed by atoms with Crippen molar-refractivity contribution in [2.45, 2.75) is 17.9 Å². The maximum atomic E-state index is 9.79. The van der Waals surface area contributed by atoms with Crippen LogP contribution in [0.25, 0.3) is 0 Å². The molecule has 102 valence electrons. The molecule has 0 spiro atoms. The Labute approximate surface area is 115 Å². The summed E-state index contributed by atoms with van der Waals surface area (Å²) in [4.78, 5) is 0. The fourth-order valence-corrected chi connectivity index (χ4v) is 2.20. The van der Waals surface area contributed by atoms with E-state index in [1.165, 1.54) is 11.8 Å². The van der Waals surface area contributed by atoms with Gasteiger partial charge >= 0.3 is 0 Å². The van der Waals surface area contributed by atoms with Gasteiger partial charge < -0.3 is 9.84 Å². The Morgan fingerprint density at radius 2 is 2.16 bits per heavy atom. The third kappa shape index (κ3) is 4.62. The molecule has 0 aliphatic heterocycles. The average molecular weight is 280 g/mol. The standard InChI is InChI=1S/C12H16N4O2S/c1-16-12(13-14-15-16)19-9-11(17)8-18-7-10-5-3-2-4-6-10/h2-6,11,17H,7-9H2,1H3. The highest BCUT2D eigenvalue weighted by Crippen LogP contribution is 2.13. The van der Waals surface area contributed by atoms with E-state index in [0.717, 1.165) is 5.56 Å². The van der Waals surface area contributed by atoms with Gasteiger partial charge in [0, 0.05) is 12.8 Å². The fourth-order valence-electron chi connectivity index (χ4n) is 1.45. The lowest BCUT2D eigenvalue weighted by Gasteiger charge is -2.10. The fraction of sp³-hybridized carbons (Fsp3) is 0.417. The van der Waals surface area contributed by atoms with Crippen molar-refractivity contribution in [3.63, 3.8) is 0 Å². The number of aryl methyl sites for hydroxylation is 1. The van der Waals surface area contributed by atoms with Crippen LogP contribution in [0.15, 0.2) is 35.5 Å². The van der Waals surface area contributed by atoms with E-state index >= 15 is 0 Å². The van der Waals surface area contributed by atoms with Gasteiger partial charge in [-0.25, -0.2) is 4.68 Å². The average Bonchev–Trinajstić information content (AvgIpc) is 2.83. The van der Waals surface area contributed by atoms with Crippen LogP contribution in [-0.4, -0.2) is 43.8 Å². The van der Waals surface area contributed by atoms with Crippen LogP contribution in [-0.2, 0) is 18.4 Å². The number of aliphatic hydroxyl groups is 1. The Morgan fingerprint density at radius 3 is 2.84 bits per heavy atom. The van der Waals surface area contributed by atoms with Crippen molar-refractivity contribution in [1.29, 1.82) is 0 Å². The zero-order chi connectivity index (χ0) is 13.5. The monoisotopic (exact) mass is 280 g/mol. The van der Waals surface area contributed by atoms with Gasteiger partial charge in [0.05, 0.1) is 19.3 Å². The van der Waals surface area contributed by atoms with E-state index in [1.54, 1.807) is 11.7 Å². The van der Waals surface area contributed by atoms with Gasteiger partial charge in [-0.3, -0.25) is 0 Å². The molecule has 0 aliphatic rings. The van der Waals surface area contributed by atoms with Crippen LogP contribution in [0.2, 0.25) is 0 Å². The van der Waals surface area contributed by atoms with E-state index in [0.29, 0.717) is 24.1 Å². The van der Waals surface area contributed by atoms with Gasteiger partial charge in [0.2, 0.25) is 5.16 Å². The lowest BCUT2D eigenvalue weighted by Crippen LogP contribution is -2.18.